The third kappa shape index (κ3) is 2.75. The van der Waals surface area contributed by atoms with Crippen LogP contribution in [0, 0.1) is 0 Å². The summed E-state index contributed by atoms with van der Waals surface area (Å²) in [6.45, 7) is 3.49. The van der Waals surface area contributed by atoms with E-state index in [0.29, 0.717) is 5.02 Å². The molecule has 0 unspecified atom stereocenters. The molecule has 1 aromatic carbocycles. The highest BCUT2D eigenvalue weighted by Crippen LogP contribution is 2.09. The summed E-state index contributed by atoms with van der Waals surface area (Å²) >= 11 is 5.78. The average Bonchev–Trinajstić information content (AvgIpc) is 2.36. The number of rotatable bonds is 3. The smallest absolute Gasteiger partial charge is 0.259 e. The molecule has 0 bridgehead atoms. The molecule has 0 spiro atoms. The molecule has 1 heterocycles. The SMILES string of the molecule is CC(C)n1c(=O)[nH]c(=O)n(Cc2ccc(Cl)cc2)c1=O. The first-order valence-corrected chi connectivity index (χ1v) is 6.48. The predicted molar refractivity (Wildman–Crippen MR) is 76.5 cm³/mol. The van der Waals surface area contributed by atoms with Gasteiger partial charge in [0.15, 0.2) is 0 Å². The summed E-state index contributed by atoms with van der Waals surface area (Å²) in [7, 11) is 0. The maximum atomic E-state index is 12.2. The van der Waals surface area contributed by atoms with Crippen molar-refractivity contribution >= 4 is 11.6 Å². The number of hydrogen-bond donors (Lipinski definition) is 1. The van der Waals surface area contributed by atoms with Crippen LogP contribution in [0.15, 0.2) is 38.6 Å². The summed E-state index contributed by atoms with van der Waals surface area (Å²) < 4.78 is 2.00. The first-order valence-electron chi connectivity index (χ1n) is 6.10. The van der Waals surface area contributed by atoms with E-state index in [9.17, 15) is 14.4 Å². The lowest BCUT2D eigenvalue weighted by molar-refractivity contribution is 0.481. The Balaban J connectivity index is 2.55. The molecule has 0 saturated carbocycles. The van der Waals surface area contributed by atoms with Gasteiger partial charge in [-0.25, -0.2) is 23.5 Å². The quantitative estimate of drug-likeness (QED) is 0.917. The van der Waals surface area contributed by atoms with E-state index in [1.54, 1.807) is 38.1 Å². The fourth-order valence-electron chi connectivity index (χ4n) is 1.89. The van der Waals surface area contributed by atoms with Crippen molar-refractivity contribution in [3.05, 3.63) is 66.3 Å². The van der Waals surface area contributed by atoms with E-state index in [4.69, 9.17) is 11.6 Å². The molecule has 7 heteroatoms. The van der Waals surface area contributed by atoms with Gasteiger partial charge in [0, 0.05) is 11.1 Å². The van der Waals surface area contributed by atoms with Crippen LogP contribution in [-0.4, -0.2) is 14.1 Å². The molecule has 6 nitrogen and oxygen atoms in total. The van der Waals surface area contributed by atoms with Gasteiger partial charge in [-0.3, -0.25) is 4.98 Å². The van der Waals surface area contributed by atoms with E-state index in [-0.39, 0.29) is 12.6 Å². The number of benzene rings is 1. The molecule has 0 aliphatic heterocycles. The second kappa shape index (κ2) is 5.50. The van der Waals surface area contributed by atoms with Crippen LogP contribution in [0.1, 0.15) is 25.5 Å². The Labute approximate surface area is 119 Å². The number of nitrogens with zero attached hydrogens (tertiary/aromatic N) is 2. The van der Waals surface area contributed by atoms with Crippen molar-refractivity contribution < 1.29 is 0 Å². The van der Waals surface area contributed by atoms with Crippen molar-refractivity contribution in [3.63, 3.8) is 0 Å². The Hall–Kier alpha value is -2.08. The van der Waals surface area contributed by atoms with Gasteiger partial charge in [-0.15, -0.1) is 0 Å². The average molecular weight is 296 g/mol. The molecule has 0 amide bonds. The van der Waals surface area contributed by atoms with Gasteiger partial charge in [0.25, 0.3) is 0 Å². The van der Waals surface area contributed by atoms with Crippen molar-refractivity contribution in [1.29, 1.82) is 0 Å². The number of nitrogens with one attached hydrogen (secondary N) is 1. The summed E-state index contributed by atoms with van der Waals surface area (Å²) in [5.74, 6) is 0. The Morgan fingerprint density at radius 1 is 1.10 bits per heavy atom. The number of H-pyrrole nitrogens is 1. The minimum atomic E-state index is -0.716. The Morgan fingerprint density at radius 2 is 1.70 bits per heavy atom. The van der Waals surface area contributed by atoms with Gasteiger partial charge in [0.2, 0.25) is 0 Å². The molecule has 106 valence electrons. The van der Waals surface area contributed by atoms with Crippen LogP contribution in [0.25, 0.3) is 0 Å². The van der Waals surface area contributed by atoms with Crippen LogP contribution in [0.5, 0.6) is 0 Å². The Kier molecular flexibility index (Phi) is 3.94. The first kappa shape index (κ1) is 14.3. The molecule has 0 aliphatic rings. The summed E-state index contributed by atoms with van der Waals surface area (Å²) in [6.07, 6.45) is 0. The molecule has 20 heavy (non-hydrogen) atoms. The van der Waals surface area contributed by atoms with Crippen molar-refractivity contribution in [2.45, 2.75) is 26.4 Å². The van der Waals surface area contributed by atoms with Gasteiger partial charge in [-0.1, -0.05) is 23.7 Å². The van der Waals surface area contributed by atoms with Crippen LogP contribution in [0.2, 0.25) is 5.02 Å². The van der Waals surface area contributed by atoms with Crippen molar-refractivity contribution in [3.8, 4) is 0 Å². The minimum Gasteiger partial charge on any atom is -0.259 e. The first-order chi connectivity index (χ1) is 9.40. The minimum absolute atomic E-state index is 0.0817. The molecule has 0 radical (unpaired) electrons. The second-order valence-corrected chi connectivity index (χ2v) is 5.13. The van der Waals surface area contributed by atoms with Gasteiger partial charge in [-0.05, 0) is 31.5 Å². The van der Waals surface area contributed by atoms with Crippen molar-refractivity contribution in [1.82, 2.24) is 14.1 Å². The summed E-state index contributed by atoms with van der Waals surface area (Å²) in [6, 6.07) is 6.46. The number of hydrogen-bond acceptors (Lipinski definition) is 3. The number of aromatic nitrogens is 3. The molecule has 2 aromatic rings. The third-order valence-corrected chi connectivity index (χ3v) is 3.14. The van der Waals surface area contributed by atoms with Crippen LogP contribution in [0.4, 0.5) is 0 Å². The Morgan fingerprint density at radius 3 is 2.25 bits per heavy atom. The molecular formula is C13H14ClN3O3. The lowest BCUT2D eigenvalue weighted by atomic mass is 10.2. The van der Waals surface area contributed by atoms with Crippen LogP contribution in [0.3, 0.4) is 0 Å². The Bertz CT molecular complexity index is 784. The lowest BCUT2D eigenvalue weighted by Gasteiger charge is -2.11. The molecule has 0 aliphatic carbocycles. The molecule has 0 fully saturated rings. The molecule has 1 aromatic heterocycles. The van der Waals surface area contributed by atoms with E-state index in [1.165, 1.54) is 0 Å². The fraction of sp³-hybridized carbons (Fsp3) is 0.308. The molecule has 0 saturated heterocycles. The fourth-order valence-corrected chi connectivity index (χ4v) is 2.02. The van der Waals surface area contributed by atoms with Crippen LogP contribution >= 0.6 is 11.6 Å². The van der Waals surface area contributed by atoms with E-state index < -0.39 is 17.1 Å². The molecule has 0 atom stereocenters. The topological polar surface area (TPSA) is 76.9 Å². The number of halogens is 1. The maximum Gasteiger partial charge on any atom is 0.336 e. The maximum absolute atomic E-state index is 12.2. The van der Waals surface area contributed by atoms with Crippen LogP contribution < -0.4 is 17.1 Å². The van der Waals surface area contributed by atoms with Gasteiger partial charge >= 0.3 is 17.1 Å². The summed E-state index contributed by atoms with van der Waals surface area (Å²) in [4.78, 5) is 37.8. The molecular weight excluding hydrogens is 282 g/mol. The zero-order valence-electron chi connectivity index (χ0n) is 11.1. The molecule has 1 N–H and O–H groups in total. The molecule has 2 rings (SSSR count). The van der Waals surface area contributed by atoms with Gasteiger partial charge in [-0.2, -0.15) is 0 Å². The lowest BCUT2D eigenvalue weighted by Crippen LogP contribution is -2.50. The van der Waals surface area contributed by atoms with Gasteiger partial charge in [0.05, 0.1) is 6.54 Å². The van der Waals surface area contributed by atoms with Gasteiger partial charge < -0.3 is 0 Å². The largest absolute Gasteiger partial charge is 0.336 e. The van der Waals surface area contributed by atoms with Crippen molar-refractivity contribution in [2.75, 3.05) is 0 Å². The standard InChI is InChI=1S/C13H14ClN3O3/c1-8(2)17-12(19)15-11(18)16(13(17)20)7-9-3-5-10(14)6-4-9/h3-6,8H,7H2,1-2H3,(H,15,18,19). The summed E-state index contributed by atoms with van der Waals surface area (Å²) in [5.41, 5.74) is -1.28. The van der Waals surface area contributed by atoms with Gasteiger partial charge in [0.1, 0.15) is 0 Å². The van der Waals surface area contributed by atoms with Crippen LogP contribution in [-0.2, 0) is 6.54 Å². The highest BCUT2D eigenvalue weighted by Gasteiger charge is 2.12. The predicted octanol–water partition coefficient (Wildman–Crippen LogP) is 0.981. The second-order valence-electron chi connectivity index (χ2n) is 4.69. The normalized spacial score (nSPS) is 11.0. The number of aromatic amines is 1. The zero-order chi connectivity index (χ0) is 14.9. The van der Waals surface area contributed by atoms with E-state index in [2.05, 4.69) is 4.98 Å². The highest BCUT2D eigenvalue weighted by molar-refractivity contribution is 6.30. The summed E-state index contributed by atoms with van der Waals surface area (Å²) in [5, 5.41) is 0.571. The zero-order valence-corrected chi connectivity index (χ0v) is 11.8. The monoisotopic (exact) mass is 295 g/mol. The highest BCUT2D eigenvalue weighted by atomic mass is 35.5. The van der Waals surface area contributed by atoms with Crippen molar-refractivity contribution in [2.24, 2.45) is 0 Å². The third-order valence-electron chi connectivity index (χ3n) is 2.89. The van der Waals surface area contributed by atoms with E-state index in [0.717, 1.165) is 14.7 Å². The van der Waals surface area contributed by atoms with E-state index >= 15 is 0 Å². The van der Waals surface area contributed by atoms with E-state index in [1.807, 2.05) is 0 Å².